The third kappa shape index (κ3) is 3.76. The molecule has 0 aliphatic heterocycles. The summed E-state index contributed by atoms with van der Waals surface area (Å²) in [5, 5.41) is 16.1. The first-order valence-corrected chi connectivity index (χ1v) is 9.66. The van der Waals surface area contributed by atoms with Gasteiger partial charge in [-0.25, -0.2) is 19.3 Å². The lowest BCUT2D eigenvalue weighted by atomic mass is 9.98. The van der Waals surface area contributed by atoms with E-state index in [1.54, 1.807) is 13.8 Å². The van der Waals surface area contributed by atoms with E-state index >= 15 is 0 Å². The normalized spacial score (nSPS) is 13.4. The molecular weight excluding hydrogens is 384 g/mol. The van der Waals surface area contributed by atoms with Crippen molar-refractivity contribution in [2.24, 2.45) is 0 Å². The van der Waals surface area contributed by atoms with E-state index < -0.39 is 18.1 Å². The van der Waals surface area contributed by atoms with E-state index in [9.17, 15) is 14.7 Å². The maximum atomic E-state index is 12.4. The summed E-state index contributed by atoms with van der Waals surface area (Å²) in [6.45, 7) is 3.53. The number of carbonyl (C=O) groups excluding carboxylic acids is 1. The Balaban J connectivity index is 1.44. The van der Waals surface area contributed by atoms with Crippen molar-refractivity contribution in [3.05, 3.63) is 71.3 Å². The molecule has 2 N–H and O–H groups in total. The number of fused-ring (bicyclic) bond motifs is 3. The smallest absolute Gasteiger partial charge is 0.407 e. The van der Waals surface area contributed by atoms with Gasteiger partial charge in [0.15, 0.2) is 0 Å². The predicted octanol–water partition coefficient (Wildman–Crippen LogP) is 2.89. The number of rotatable bonds is 6. The zero-order valence-corrected chi connectivity index (χ0v) is 16.7. The molecule has 0 saturated heterocycles. The molecule has 1 unspecified atom stereocenters. The van der Waals surface area contributed by atoms with Crippen LogP contribution >= 0.6 is 0 Å². The first-order valence-electron chi connectivity index (χ1n) is 9.66. The third-order valence-corrected chi connectivity index (χ3v) is 5.25. The van der Waals surface area contributed by atoms with Crippen LogP contribution in [0.15, 0.2) is 48.5 Å². The van der Waals surface area contributed by atoms with Gasteiger partial charge in [0.1, 0.15) is 24.3 Å². The van der Waals surface area contributed by atoms with Crippen LogP contribution in [-0.4, -0.2) is 44.6 Å². The fourth-order valence-electron chi connectivity index (χ4n) is 3.87. The lowest BCUT2D eigenvalue weighted by Crippen LogP contribution is -2.44. The Morgan fingerprint density at radius 1 is 1.10 bits per heavy atom. The van der Waals surface area contributed by atoms with Crippen molar-refractivity contribution in [2.45, 2.75) is 32.4 Å². The molecule has 1 heterocycles. The topological polar surface area (TPSA) is 106 Å². The zero-order chi connectivity index (χ0) is 21.3. The highest BCUT2D eigenvalue weighted by atomic mass is 16.5. The van der Waals surface area contributed by atoms with Crippen LogP contribution < -0.4 is 5.32 Å². The van der Waals surface area contributed by atoms with Crippen LogP contribution in [0.1, 0.15) is 28.7 Å². The number of hydrogen-bond donors (Lipinski definition) is 2. The second-order valence-electron chi connectivity index (χ2n) is 7.25. The van der Waals surface area contributed by atoms with Gasteiger partial charge in [0.05, 0.1) is 6.54 Å². The maximum absolute atomic E-state index is 12.4. The Kier molecular flexibility index (Phi) is 5.22. The quantitative estimate of drug-likeness (QED) is 0.652. The Morgan fingerprint density at radius 3 is 2.23 bits per heavy atom. The highest BCUT2D eigenvalue weighted by Crippen LogP contribution is 2.44. The standard InChI is InChI=1S/C22H22N4O4/c1-13-23-14(2)26(25-13)11-20(21(27)28)24-22(29)30-12-19-17-9-5-3-7-15(17)16-8-4-6-10-18(16)19/h3-10,19-20H,11-12H2,1-2H3,(H,24,29)(H,27,28). The van der Waals surface area contributed by atoms with Gasteiger partial charge in [-0.05, 0) is 36.1 Å². The molecule has 0 saturated carbocycles. The molecule has 8 nitrogen and oxygen atoms in total. The van der Waals surface area contributed by atoms with Crippen LogP contribution in [0.3, 0.4) is 0 Å². The van der Waals surface area contributed by atoms with Gasteiger partial charge < -0.3 is 15.2 Å². The fourth-order valence-corrected chi connectivity index (χ4v) is 3.87. The van der Waals surface area contributed by atoms with E-state index in [4.69, 9.17) is 4.74 Å². The first-order chi connectivity index (χ1) is 14.4. The predicted molar refractivity (Wildman–Crippen MR) is 109 cm³/mol. The molecule has 1 atom stereocenters. The molecule has 0 fully saturated rings. The summed E-state index contributed by atoms with van der Waals surface area (Å²) < 4.78 is 6.89. The molecule has 0 radical (unpaired) electrons. The second-order valence-corrected chi connectivity index (χ2v) is 7.25. The minimum absolute atomic E-state index is 0.0355. The molecule has 1 amide bonds. The molecule has 1 aromatic heterocycles. The van der Waals surface area contributed by atoms with Crippen LogP contribution in [0.25, 0.3) is 11.1 Å². The van der Waals surface area contributed by atoms with Gasteiger partial charge in [-0.3, -0.25) is 0 Å². The largest absolute Gasteiger partial charge is 0.480 e. The van der Waals surface area contributed by atoms with E-state index in [1.165, 1.54) is 4.68 Å². The summed E-state index contributed by atoms with van der Waals surface area (Å²) in [7, 11) is 0. The third-order valence-electron chi connectivity index (χ3n) is 5.25. The zero-order valence-electron chi connectivity index (χ0n) is 16.7. The average Bonchev–Trinajstić information content (AvgIpc) is 3.22. The summed E-state index contributed by atoms with van der Waals surface area (Å²) in [5.41, 5.74) is 4.44. The van der Waals surface area contributed by atoms with Gasteiger partial charge in [0, 0.05) is 5.92 Å². The van der Waals surface area contributed by atoms with E-state index in [2.05, 4.69) is 27.5 Å². The second kappa shape index (κ2) is 7.98. The highest BCUT2D eigenvalue weighted by molar-refractivity contribution is 5.81. The molecule has 2 aromatic carbocycles. The van der Waals surface area contributed by atoms with Crippen molar-refractivity contribution >= 4 is 12.1 Å². The molecule has 4 rings (SSSR count). The number of aromatic nitrogens is 3. The minimum Gasteiger partial charge on any atom is -0.480 e. The number of aliphatic carboxylic acids is 1. The number of benzene rings is 2. The van der Waals surface area contributed by atoms with Crippen molar-refractivity contribution in [3.8, 4) is 11.1 Å². The summed E-state index contributed by atoms with van der Waals surface area (Å²) in [5.74, 6) is -0.145. The fraction of sp³-hybridized carbons (Fsp3) is 0.273. The highest BCUT2D eigenvalue weighted by Gasteiger charge is 2.30. The maximum Gasteiger partial charge on any atom is 0.407 e. The van der Waals surface area contributed by atoms with Gasteiger partial charge in [-0.1, -0.05) is 48.5 Å². The summed E-state index contributed by atoms with van der Waals surface area (Å²) >= 11 is 0. The average molecular weight is 406 g/mol. The van der Waals surface area contributed by atoms with Crippen molar-refractivity contribution in [1.29, 1.82) is 0 Å². The van der Waals surface area contributed by atoms with Crippen LogP contribution in [0.2, 0.25) is 0 Å². The number of nitrogens with zero attached hydrogens (tertiary/aromatic N) is 3. The van der Waals surface area contributed by atoms with E-state index in [0.29, 0.717) is 11.6 Å². The number of nitrogens with one attached hydrogen (secondary N) is 1. The Morgan fingerprint density at radius 2 is 1.70 bits per heavy atom. The number of hydrogen-bond acceptors (Lipinski definition) is 5. The number of carboxylic acid groups (broad SMARTS) is 1. The van der Waals surface area contributed by atoms with Crippen LogP contribution in [0.5, 0.6) is 0 Å². The minimum atomic E-state index is -1.18. The Bertz CT molecular complexity index is 1060. The van der Waals surface area contributed by atoms with Crippen LogP contribution in [0.4, 0.5) is 4.79 Å². The van der Waals surface area contributed by atoms with Gasteiger partial charge in [0.25, 0.3) is 0 Å². The van der Waals surface area contributed by atoms with E-state index in [-0.39, 0.29) is 19.1 Å². The number of carbonyl (C=O) groups is 2. The molecule has 8 heteroatoms. The van der Waals surface area contributed by atoms with E-state index in [0.717, 1.165) is 22.3 Å². The summed E-state index contributed by atoms with van der Waals surface area (Å²) in [4.78, 5) is 28.1. The molecular formula is C22H22N4O4. The molecule has 0 bridgehead atoms. The molecule has 0 spiro atoms. The van der Waals surface area contributed by atoms with Gasteiger partial charge in [0.2, 0.25) is 0 Å². The first kappa shape index (κ1) is 19.6. The lowest BCUT2D eigenvalue weighted by molar-refractivity contribution is -0.139. The molecule has 3 aromatic rings. The van der Waals surface area contributed by atoms with Gasteiger partial charge in [-0.2, -0.15) is 5.10 Å². The summed E-state index contributed by atoms with van der Waals surface area (Å²) in [6.07, 6.45) is -0.779. The molecule has 154 valence electrons. The Hall–Kier alpha value is -3.68. The molecule has 1 aliphatic rings. The van der Waals surface area contributed by atoms with Crippen molar-refractivity contribution < 1.29 is 19.4 Å². The van der Waals surface area contributed by atoms with Crippen LogP contribution in [-0.2, 0) is 16.1 Å². The van der Waals surface area contributed by atoms with Crippen molar-refractivity contribution in [3.63, 3.8) is 0 Å². The van der Waals surface area contributed by atoms with Crippen molar-refractivity contribution in [2.75, 3.05) is 6.61 Å². The number of aryl methyl sites for hydroxylation is 2. The number of carboxylic acids is 1. The molecule has 1 aliphatic carbocycles. The van der Waals surface area contributed by atoms with Crippen molar-refractivity contribution in [1.82, 2.24) is 20.1 Å². The van der Waals surface area contributed by atoms with Gasteiger partial charge >= 0.3 is 12.1 Å². The van der Waals surface area contributed by atoms with Gasteiger partial charge in [-0.15, -0.1) is 0 Å². The molecule has 30 heavy (non-hydrogen) atoms. The number of alkyl carbamates (subject to hydrolysis) is 1. The van der Waals surface area contributed by atoms with Crippen LogP contribution in [0, 0.1) is 13.8 Å². The lowest BCUT2D eigenvalue weighted by Gasteiger charge is -2.17. The monoisotopic (exact) mass is 406 g/mol. The van der Waals surface area contributed by atoms with E-state index in [1.807, 2.05) is 36.4 Å². The number of amides is 1. The Labute approximate surface area is 173 Å². The number of ether oxygens (including phenoxy) is 1. The summed E-state index contributed by atoms with van der Waals surface area (Å²) in [6, 6.07) is 14.9. The SMILES string of the molecule is Cc1nc(C)n(CC(NC(=O)OCC2c3ccccc3-c3ccccc32)C(=O)O)n1.